The van der Waals surface area contributed by atoms with Crippen molar-refractivity contribution in [3.05, 3.63) is 53.6 Å². The van der Waals surface area contributed by atoms with E-state index >= 15 is 0 Å². The first-order chi connectivity index (χ1) is 16.0. The van der Waals surface area contributed by atoms with Crippen molar-refractivity contribution in [2.24, 2.45) is 0 Å². The van der Waals surface area contributed by atoms with Crippen LogP contribution in [0, 0.1) is 0 Å². The minimum Gasteiger partial charge on any atom is -0.380 e. The largest absolute Gasteiger partial charge is 0.380 e. The van der Waals surface area contributed by atoms with Gasteiger partial charge >= 0.3 is 0 Å². The monoisotopic (exact) mass is 448 g/mol. The normalized spacial score (nSPS) is 21.5. The fourth-order valence-corrected chi connectivity index (χ4v) is 4.82. The third kappa shape index (κ3) is 3.68. The fourth-order valence-electron chi connectivity index (χ4n) is 4.82. The number of ether oxygens (including phenoxy) is 1. The zero-order chi connectivity index (χ0) is 22.6. The van der Waals surface area contributed by atoms with Crippen LogP contribution in [0.25, 0.3) is 11.1 Å². The molecule has 0 atom stereocenters. The Morgan fingerprint density at radius 2 is 1.61 bits per heavy atom. The topological polar surface area (TPSA) is 85.4 Å². The van der Waals surface area contributed by atoms with Gasteiger partial charge in [-0.25, -0.2) is 5.43 Å². The second-order valence-electron chi connectivity index (χ2n) is 9.43. The molecule has 0 unspecified atom stereocenters. The maximum atomic E-state index is 13.0. The molecule has 0 radical (unpaired) electrons. The number of carbonyl (C=O) groups is 2. The maximum Gasteiger partial charge on any atom is 0.254 e. The Balaban J connectivity index is 1.10. The average Bonchev–Trinajstić information content (AvgIpc) is 3.45. The molecule has 2 aromatic carbocycles. The van der Waals surface area contributed by atoms with Gasteiger partial charge in [-0.2, -0.15) is 0 Å². The molecule has 4 aliphatic rings. The molecular weight excluding hydrogens is 420 g/mol. The Hall–Kier alpha value is -2.94. The van der Waals surface area contributed by atoms with Crippen LogP contribution in [0.4, 0.5) is 5.69 Å². The van der Waals surface area contributed by atoms with E-state index in [4.69, 9.17) is 4.74 Å². The number of benzene rings is 2. The van der Waals surface area contributed by atoms with Gasteiger partial charge in [0.1, 0.15) is 5.60 Å². The number of hydrazine groups is 1. The molecule has 3 heterocycles. The summed E-state index contributed by atoms with van der Waals surface area (Å²) in [6.07, 6.45) is 1.09. The van der Waals surface area contributed by atoms with Gasteiger partial charge in [0.15, 0.2) is 0 Å². The number of carbonyl (C=O) groups excluding carboxylic acids is 2. The number of aliphatic hydroxyl groups is 1. The second-order valence-corrected chi connectivity index (χ2v) is 9.43. The van der Waals surface area contributed by atoms with Crippen LogP contribution in [-0.2, 0) is 16.1 Å². The molecule has 2 amide bonds. The molecule has 2 N–H and O–H groups in total. The summed E-state index contributed by atoms with van der Waals surface area (Å²) in [5.74, 6) is -0.206. The molecule has 1 saturated carbocycles. The molecule has 8 heteroatoms. The third-order valence-corrected chi connectivity index (χ3v) is 7.21. The lowest BCUT2D eigenvalue weighted by atomic mass is 10.0. The van der Waals surface area contributed by atoms with Crippen molar-refractivity contribution in [2.45, 2.75) is 31.0 Å². The van der Waals surface area contributed by atoms with Crippen molar-refractivity contribution in [2.75, 3.05) is 44.4 Å². The Labute approximate surface area is 192 Å². The van der Waals surface area contributed by atoms with Crippen molar-refractivity contribution in [3.8, 4) is 11.1 Å². The van der Waals surface area contributed by atoms with Crippen LogP contribution < -0.4 is 10.4 Å². The molecule has 3 aliphatic heterocycles. The van der Waals surface area contributed by atoms with Crippen LogP contribution in [0.5, 0.6) is 0 Å². The average molecular weight is 449 g/mol. The molecule has 172 valence electrons. The Kier molecular flexibility index (Phi) is 4.90. The number of amides is 2. The first-order valence-corrected chi connectivity index (χ1v) is 11.7. The van der Waals surface area contributed by atoms with Crippen LogP contribution in [0.3, 0.4) is 0 Å². The van der Waals surface area contributed by atoms with E-state index in [1.807, 2.05) is 24.3 Å². The zero-order valence-corrected chi connectivity index (χ0v) is 18.5. The number of rotatable bonds is 4. The summed E-state index contributed by atoms with van der Waals surface area (Å²) in [4.78, 5) is 28.7. The summed E-state index contributed by atoms with van der Waals surface area (Å²) in [5, 5.41) is 12.3. The van der Waals surface area contributed by atoms with Gasteiger partial charge in [0.05, 0.1) is 24.9 Å². The predicted molar refractivity (Wildman–Crippen MR) is 122 cm³/mol. The number of piperazine rings is 1. The molecular formula is C25H28N4O4. The highest BCUT2D eigenvalue weighted by molar-refractivity contribution is 5.95. The first-order valence-electron chi connectivity index (χ1n) is 11.7. The van der Waals surface area contributed by atoms with Crippen molar-refractivity contribution in [1.82, 2.24) is 15.2 Å². The molecule has 33 heavy (non-hydrogen) atoms. The van der Waals surface area contributed by atoms with Gasteiger partial charge in [0, 0.05) is 38.3 Å². The maximum absolute atomic E-state index is 13.0. The number of nitrogens with one attached hydrogen (secondary N) is 1. The SMILES string of the molecule is O=C(c1ccc(-c2ccc3c(c2)CNN3C2COC2)cc1)N1CCN(C(=O)C2(O)CC2)CC1. The van der Waals surface area contributed by atoms with E-state index in [1.54, 1.807) is 9.80 Å². The molecule has 1 aliphatic carbocycles. The third-order valence-electron chi connectivity index (χ3n) is 7.21. The van der Waals surface area contributed by atoms with Crippen LogP contribution in [0.15, 0.2) is 42.5 Å². The van der Waals surface area contributed by atoms with Gasteiger partial charge in [0.25, 0.3) is 11.8 Å². The molecule has 3 fully saturated rings. The number of anilines is 1. The standard InChI is InChI=1S/C25H28N4O4/c30-23(27-9-11-28(12-10-27)24(31)25(32)7-8-25)18-3-1-17(2-4-18)19-5-6-22-20(13-19)14-26-29(22)21-15-33-16-21/h1-6,13,21,26,32H,7-12,14-16H2. The summed E-state index contributed by atoms with van der Waals surface area (Å²) in [5.41, 5.74) is 7.65. The minimum absolute atomic E-state index is 0.0182. The van der Waals surface area contributed by atoms with E-state index in [9.17, 15) is 14.7 Å². The molecule has 0 aromatic heterocycles. The van der Waals surface area contributed by atoms with Crippen LogP contribution in [0.2, 0.25) is 0 Å². The van der Waals surface area contributed by atoms with Crippen molar-refractivity contribution < 1.29 is 19.4 Å². The summed E-state index contributed by atoms with van der Waals surface area (Å²) in [6, 6.07) is 14.6. The van der Waals surface area contributed by atoms with E-state index in [0.717, 1.165) is 30.9 Å². The van der Waals surface area contributed by atoms with Gasteiger partial charge in [-0.05, 0) is 53.8 Å². The van der Waals surface area contributed by atoms with Crippen LogP contribution >= 0.6 is 0 Å². The quantitative estimate of drug-likeness (QED) is 0.735. The lowest BCUT2D eigenvalue weighted by Crippen LogP contribution is -2.53. The fraction of sp³-hybridized carbons (Fsp3) is 0.440. The van der Waals surface area contributed by atoms with E-state index in [2.05, 4.69) is 28.6 Å². The van der Waals surface area contributed by atoms with E-state index in [0.29, 0.717) is 50.6 Å². The van der Waals surface area contributed by atoms with Gasteiger partial charge in [-0.3, -0.25) is 9.59 Å². The van der Waals surface area contributed by atoms with E-state index in [1.165, 1.54) is 11.3 Å². The Morgan fingerprint density at radius 1 is 0.939 bits per heavy atom. The summed E-state index contributed by atoms with van der Waals surface area (Å²) in [6.45, 7) is 4.25. The van der Waals surface area contributed by atoms with Gasteiger partial charge in [-0.1, -0.05) is 18.2 Å². The number of nitrogens with zero attached hydrogens (tertiary/aromatic N) is 3. The van der Waals surface area contributed by atoms with Crippen LogP contribution in [-0.4, -0.2) is 77.8 Å². The minimum atomic E-state index is -1.14. The summed E-state index contributed by atoms with van der Waals surface area (Å²) < 4.78 is 5.32. The lowest BCUT2D eigenvalue weighted by molar-refractivity contribution is -0.143. The molecule has 2 aromatic rings. The number of fused-ring (bicyclic) bond motifs is 1. The van der Waals surface area contributed by atoms with Crippen molar-refractivity contribution in [3.63, 3.8) is 0 Å². The molecule has 0 bridgehead atoms. The molecule has 0 spiro atoms. The highest BCUT2D eigenvalue weighted by atomic mass is 16.5. The highest BCUT2D eigenvalue weighted by Gasteiger charge is 2.50. The van der Waals surface area contributed by atoms with Crippen molar-refractivity contribution in [1.29, 1.82) is 0 Å². The Bertz CT molecular complexity index is 1090. The number of hydrogen-bond acceptors (Lipinski definition) is 6. The second kappa shape index (κ2) is 7.83. The summed E-state index contributed by atoms with van der Waals surface area (Å²) in [7, 11) is 0. The summed E-state index contributed by atoms with van der Waals surface area (Å²) >= 11 is 0. The molecule has 6 rings (SSSR count). The van der Waals surface area contributed by atoms with Gasteiger partial charge in [-0.15, -0.1) is 0 Å². The zero-order valence-electron chi connectivity index (χ0n) is 18.5. The lowest BCUT2D eigenvalue weighted by Gasteiger charge is -2.36. The van der Waals surface area contributed by atoms with Crippen LogP contribution in [0.1, 0.15) is 28.8 Å². The van der Waals surface area contributed by atoms with E-state index in [-0.39, 0.29) is 11.8 Å². The molecule has 8 nitrogen and oxygen atoms in total. The number of hydrogen-bond donors (Lipinski definition) is 2. The van der Waals surface area contributed by atoms with E-state index < -0.39 is 5.60 Å². The predicted octanol–water partition coefficient (Wildman–Crippen LogP) is 1.39. The Morgan fingerprint density at radius 3 is 2.24 bits per heavy atom. The first kappa shape index (κ1) is 20.7. The van der Waals surface area contributed by atoms with Gasteiger partial charge in [0.2, 0.25) is 0 Å². The smallest absolute Gasteiger partial charge is 0.254 e. The highest BCUT2D eigenvalue weighted by Crippen LogP contribution is 2.37. The van der Waals surface area contributed by atoms with Gasteiger partial charge < -0.3 is 24.7 Å². The van der Waals surface area contributed by atoms with Crippen molar-refractivity contribution >= 4 is 17.5 Å². The molecule has 2 saturated heterocycles.